The Kier molecular flexibility index (Phi) is 4.38. The summed E-state index contributed by atoms with van der Waals surface area (Å²) in [6.45, 7) is 4.33. The fourth-order valence-corrected chi connectivity index (χ4v) is 5.64. The Morgan fingerprint density at radius 3 is 2.84 bits per heavy atom. The average Bonchev–Trinajstić information content (AvgIpc) is 2.95. The number of hydrogen-bond acceptors (Lipinski definition) is 5. The van der Waals surface area contributed by atoms with Gasteiger partial charge in [-0.15, -0.1) is 11.8 Å². The van der Waals surface area contributed by atoms with E-state index < -0.39 is 0 Å². The molecule has 4 rings (SSSR count). The Morgan fingerprint density at radius 1 is 1.28 bits per heavy atom. The Balaban J connectivity index is 1.73. The summed E-state index contributed by atoms with van der Waals surface area (Å²) in [6, 6.07) is 2.16. The van der Waals surface area contributed by atoms with Gasteiger partial charge in [0.1, 0.15) is 0 Å². The fraction of sp³-hybridized carbons (Fsp3) is 0.526. The normalized spacial score (nSPS) is 31.6. The molecule has 3 heterocycles. The molecule has 0 amide bonds. The van der Waals surface area contributed by atoms with Gasteiger partial charge in [-0.1, -0.05) is 16.1 Å². The third-order valence-electron chi connectivity index (χ3n) is 5.72. The summed E-state index contributed by atoms with van der Waals surface area (Å²) in [5.41, 5.74) is 4.01. The third-order valence-corrected chi connectivity index (χ3v) is 6.78. The molecule has 1 atom stereocenters. The lowest BCUT2D eigenvalue weighted by Gasteiger charge is -2.42. The minimum atomic E-state index is -0.327. The molecule has 0 saturated carbocycles. The van der Waals surface area contributed by atoms with Crippen molar-refractivity contribution in [2.45, 2.75) is 12.8 Å². The first-order valence-corrected chi connectivity index (χ1v) is 9.87. The van der Waals surface area contributed by atoms with Crippen LogP contribution in [-0.4, -0.2) is 60.4 Å². The lowest BCUT2D eigenvalue weighted by molar-refractivity contribution is 0.0597. The van der Waals surface area contributed by atoms with Crippen molar-refractivity contribution in [3.8, 4) is 6.07 Å². The largest absolute Gasteiger partial charge is 0.369 e. The van der Waals surface area contributed by atoms with Crippen LogP contribution in [0.5, 0.6) is 0 Å². The van der Waals surface area contributed by atoms with E-state index in [1.807, 2.05) is 6.08 Å². The van der Waals surface area contributed by atoms with E-state index in [1.54, 1.807) is 17.8 Å². The van der Waals surface area contributed by atoms with Crippen LogP contribution in [0, 0.1) is 16.7 Å². The molecule has 1 aliphatic carbocycles. The minimum Gasteiger partial charge on any atom is -0.369 e. The van der Waals surface area contributed by atoms with Crippen LogP contribution in [0.25, 0.3) is 0 Å². The molecule has 0 radical (unpaired) electrons. The van der Waals surface area contributed by atoms with Crippen molar-refractivity contribution in [3.05, 3.63) is 46.2 Å². The van der Waals surface area contributed by atoms with Crippen LogP contribution < -0.4 is 0 Å². The number of nitriles is 1. The van der Waals surface area contributed by atoms with Crippen LogP contribution in [0.15, 0.2) is 46.2 Å². The van der Waals surface area contributed by atoms with Gasteiger partial charge < -0.3 is 9.80 Å². The van der Waals surface area contributed by atoms with Gasteiger partial charge in [-0.25, -0.2) is 5.12 Å². The molecule has 0 aromatic carbocycles. The Bertz CT molecular complexity index is 724. The first-order chi connectivity index (χ1) is 12.1. The highest BCUT2D eigenvalue weighted by atomic mass is 32.2. The number of thioether (sulfide) groups is 1. The molecular weight excluding hydrogens is 335 g/mol. The van der Waals surface area contributed by atoms with Crippen LogP contribution in [0.2, 0.25) is 0 Å². The first kappa shape index (κ1) is 16.7. The van der Waals surface area contributed by atoms with Crippen molar-refractivity contribution in [1.82, 2.24) is 14.9 Å². The third kappa shape index (κ3) is 2.80. The molecule has 0 bridgehead atoms. The zero-order valence-electron chi connectivity index (χ0n) is 14.5. The van der Waals surface area contributed by atoms with E-state index >= 15 is 0 Å². The van der Waals surface area contributed by atoms with Gasteiger partial charge in [-0.05, 0) is 36.9 Å². The molecule has 1 spiro atoms. The number of allylic oxidation sites excluding steroid dienone is 5. The molecule has 1 unspecified atom stereocenters. The van der Waals surface area contributed by atoms with Crippen LogP contribution in [0.1, 0.15) is 12.8 Å². The van der Waals surface area contributed by atoms with Crippen LogP contribution >= 0.6 is 11.8 Å². The smallest absolute Gasteiger partial charge is 0.0911 e. The Morgan fingerprint density at radius 2 is 2.08 bits per heavy atom. The molecular formula is C19H23FN4S. The van der Waals surface area contributed by atoms with E-state index in [9.17, 15) is 4.48 Å². The number of likely N-dealkylation sites (N-methyl/N-ethyl adjacent to an activating group) is 1. The summed E-state index contributed by atoms with van der Waals surface area (Å²) in [6.07, 6.45) is 7.11. The Hall–Kier alpha value is -1.71. The zero-order chi connectivity index (χ0) is 17.4. The van der Waals surface area contributed by atoms with E-state index in [0.717, 1.165) is 54.7 Å². The number of nitrogens with zero attached hydrogens (tertiary/aromatic N) is 4. The van der Waals surface area contributed by atoms with Gasteiger partial charge in [-0.3, -0.25) is 0 Å². The first-order valence-electron chi connectivity index (χ1n) is 8.82. The molecule has 1 fully saturated rings. The summed E-state index contributed by atoms with van der Waals surface area (Å²) >= 11 is 1.77. The van der Waals surface area contributed by atoms with E-state index in [1.165, 1.54) is 11.3 Å². The van der Waals surface area contributed by atoms with E-state index in [-0.39, 0.29) is 5.41 Å². The molecule has 3 aliphatic heterocycles. The summed E-state index contributed by atoms with van der Waals surface area (Å²) in [4.78, 5) is 4.75. The molecule has 4 nitrogen and oxygen atoms in total. The molecule has 1 saturated heterocycles. The van der Waals surface area contributed by atoms with Crippen molar-refractivity contribution < 1.29 is 4.48 Å². The van der Waals surface area contributed by atoms with Gasteiger partial charge in [0.15, 0.2) is 0 Å². The summed E-state index contributed by atoms with van der Waals surface area (Å²) in [7, 11) is 2.15. The average molecular weight is 358 g/mol. The fourth-order valence-electron chi connectivity index (χ4n) is 4.35. The van der Waals surface area contributed by atoms with E-state index in [2.05, 4.69) is 34.4 Å². The predicted molar refractivity (Wildman–Crippen MR) is 99.0 cm³/mol. The van der Waals surface area contributed by atoms with Crippen molar-refractivity contribution in [1.29, 1.82) is 5.26 Å². The van der Waals surface area contributed by atoms with Crippen LogP contribution in [-0.2, 0) is 0 Å². The number of halogens is 1. The molecule has 0 aromatic rings. The lowest BCUT2D eigenvalue weighted by atomic mass is 9.69. The summed E-state index contributed by atoms with van der Waals surface area (Å²) < 4.78 is 14.9. The van der Waals surface area contributed by atoms with E-state index in [4.69, 9.17) is 5.26 Å². The summed E-state index contributed by atoms with van der Waals surface area (Å²) in [5.74, 6) is 0.850. The second-order valence-electron chi connectivity index (χ2n) is 7.25. The van der Waals surface area contributed by atoms with Crippen LogP contribution in [0.3, 0.4) is 0 Å². The summed E-state index contributed by atoms with van der Waals surface area (Å²) in [5, 5.41) is 12.2. The molecule has 0 N–H and O–H groups in total. The van der Waals surface area contributed by atoms with Crippen molar-refractivity contribution in [2.24, 2.45) is 5.41 Å². The van der Waals surface area contributed by atoms with Crippen molar-refractivity contribution in [3.63, 3.8) is 0 Å². The highest BCUT2D eigenvalue weighted by Gasteiger charge is 2.49. The molecule has 0 aromatic heterocycles. The van der Waals surface area contributed by atoms with Gasteiger partial charge in [0.2, 0.25) is 0 Å². The highest BCUT2D eigenvalue weighted by molar-refractivity contribution is 8.02. The minimum absolute atomic E-state index is 0.300. The molecule has 4 aliphatic rings. The maximum Gasteiger partial charge on any atom is 0.0911 e. The van der Waals surface area contributed by atoms with Crippen molar-refractivity contribution >= 4 is 11.8 Å². The molecule has 132 valence electrons. The van der Waals surface area contributed by atoms with E-state index in [0.29, 0.717) is 13.0 Å². The van der Waals surface area contributed by atoms with Gasteiger partial charge in [0.25, 0.3) is 0 Å². The van der Waals surface area contributed by atoms with Gasteiger partial charge in [0, 0.05) is 43.7 Å². The number of hydrogen-bond donors (Lipinski definition) is 0. The quantitative estimate of drug-likeness (QED) is 0.531. The maximum atomic E-state index is 14.9. The van der Waals surface area contributed by atoms with Gasteiger partial charge in [-0.2, -0.15) is 5.26 Å². The number of piperazine rings is 1. The monoisotopic (exact) mass is 358 g/mol. The standard InChI is InChI=1S/C19H23FN4S/c1-22-8-10-23(11-9-22)17-5-7-24(20)18-3-2-15(4-6-21)12-19(18)14-25-13-16(17)19/h3-5,13H,2,7-12,14H2,1H3/b15-4-. The van der Waals surface area contributed by atoms with Crippen molar-refractivity contribution in [2.75, 3.05) is 45.5 Å². The van der Waals surface area contributed by atoms with Crippen LogP contribution in [0.4, 0.5) is 4.48 Å². The lowest BCUT2D eigenvalue weighted by Crippen LogP contribution is -2.45. The topological polar surface area (TPSA) is 33.5 Å². The Labute approximate surface area is 152 Å². The molecule has 25 heavy (non-hydrogen) atoms. The molecule has 6 heteroatoms. The second-order valence-corrected chi connectivity index (χ2v) is 8.11. The van der Waals surface area contributed by atoms with Gasteiger partial charge in [0.05, 0.1) is 23.7 Å². The number of rotatable bonds is 1. The zero-order valence-corrected chi connectivity index (χ0v) is 15.4. The second kappa shape index (κ2) is 6.54. The maximum absolute atomic E-state index is 14.9. The SMILES string of the molecule is CN1CCN(C2=CCN(F)C3=CC/C(=C/C#N)CC34CSC=C24)CC1. The van der Waals surface area contributed by atoms with Gasteiger partial charge >= 0.3 is 0 Å². The predicted octanol–water partition coefficient (Wildman–Crippen LogP) is 3.06. The highest BCUT2D eigenvalue weighted by Crippen LogP contribution is 2.56.